The van der Waals surface area contributed by atoms with Crippen molar-refractivity contribution in [2.24, 2.45) is 0 Å². The first kappa shape index (κ1) is 11.2. The molecular weight excluding hydrogens is 228 g/mol. The van der Waals surface area contributed by atoms with E-state index in [1.54, 1.807) is 23.1 Å². The van der Waals surface area contributed by atoms with E-state index in [1.807, 2.05) is 0 Å². The quantitative estimate of drug-likeness (QED) is 0.793. The number of hydrogen-bond acceptors (Lipinski definition) is 3. The van der Waals surface area contributed by atoms with Gasteiger partial charge in [0.1, 0.15) is 6.61 Å². The number of halogens is 1. The van der Waals surface area contributed by atoms with Crippen molar-refractivity contribution in [1.29, 1.82) is 0 Å². The van der Waals surface area contributed by atoms with Crippen LogP contribution < -0.4 is 5.73 Å². The summed E-state index contributed by atoms with van der Waals surface area (Å²) in [7, 11) is 0. The van der Waals surface area contributed by atoms with Crippen molar-refractivity contribution in [1.82, 2.24) is 4.90 Å². The largest absolute Gasteiger partial charge is 0.399 e. The Morgan fingerprint density at radius 3 is 3.06 bits per heavy atom. The Hall–Kier alpha value is -1.26. The fourth-order valence-corrected chi connectivity index (χ4v) is 1.82. The van der Waals surface area contributed by atoms with E-state index in [-0.39, 0.29) is 12.5 Å². The molecule has 2 rings (SSSR count). The van der Waals surface area contributed by atoms with E-state index in [9.17, 15) is 4.79 Å². The average Bonchev–Trinajstić information content (AvgIpc) is 2.27. The van der Waals surface area contributed by atoms with Gasteiger partial charge in [-0.2, -0.15) is 0 Å². The number of nitrogen functional groups attached to an aromatic ring is 1. The van der Waals surface area contributed by atoms with E-state index in [2.05, 4.69) is 0 Å². The SMILES string of the molecule is Nc1ccc(Cl)c(CN2CCOCC2=O)c1. The van der Waals surface area contributed by atoms with E-state index < -0.39 is 0 Å². The number of nitrogens with zero attached hydrogens (tertiary/aromatic N) is 1. The summed E-state index contributed by atoms with van der Waals surface area (Å²) in [6.45, 7) is 1.82. The van der Waals surface area contributed by atoms with Gasteiger partial charge < -0.3 is 15.4 Å². The lowest BCUT2D eigenvalue weighted by Gasteiger charge is -2.27. The van der Waals surface area contributed by atoms with Crippen LogP contribution in [-0.4, -0.2) is 30.6 Å². The monoisotopic (exact) mass is 240 g/mol. The van der Waals surface area contributed by atoms with Gasteiger partial charge >= 0.3 is 0 Å². The van der Waals surface area contributed by atoms with Gasteiger partial charge in [-0.05, 0) is 23.8 Å². The summed E-state index contributed by atoms with van der Waals surface area (Å²) < 4.78 is 5.05. The van der Waals surface area contributed by atoms with Gasteiger partial charge in [0.2, 0.25) is 5.91 Å². The number of carbonyl (C=O) groups excluding carboxylic acids is 1. The number of nitrogens with two attached hydrogens (primary N) is 1. The Balaban J connectivity index is 2.13. The van der Waals surface area contributed by atoms with Gasteiger partial charge in [0.25, 0.3) is 0 Å². The average molecular weight is 241 g/mol. The molecule has 0 aliphatic carbocycles. The molecule has 0 unspecified atom stereocenters. The highest BCUT2D eigenvalue weighted by molar-refractivity contribution is 6.31. The predicted octanol–water partition coefficient (Wildman–Crippen LogP) is 1.28. The molecule has 2 N–H and O–H groups in total. The first-order chi connectivity index (χ1) is 7.66. The van der Waals surface area contributed by atoms with E-state index in [0.717, 1.165) is 5.56 Å². The van der Waals surface area contributed by atoms with Crippen molar-refractivity contribution < 1.29 is 9.53 Å². The number of ether oxygens (including phenoxy) is 1. The van der Waals surface area contributed by atoms with Crippen LogP contribution in [0.3, 0.4) is 0 Å². The molecule has 5 heteroatoms. The summed E-state index contributed by atoms with van der Waals surface area (Å²) >= 11 is 6.04. The van der Waals surface area contributed by atoms with Crippen molar-refractivity contribution in [3.8, 4) is 0 Å². The molecule has 86 valence electrons. The standard InChI is InChI=1S/C11H13ClN2O2/c12-10-2-1-9(13)5-8(10)6-14-3-4-16-7-11(14)15/h1-2,5H,3-4,6-7,13H2. The second-order valence-electron chi connectivity index (χ2n) is 3.72. The van der Waals surface area contributed by atoms with Crippen LogP contribution in [0.5, 0.6) is 0 Å². The van der Waals surface area contributed by atoms with Gasteiger partial charge in [-0.1, -0.05) is 11.6 Å². The van der Waals surface area contributed by atoms with Crippen LogP contribution in [0.1, 0.15) is 5.56 Å². The summed E-state index contributed by atoms with van der Waals surface area (Å²) in [6, 6.07) is 5.29. The lowest BCUT2D eigenvalue weighted by atomic mass is 10.2. The molecule has 0 saturated carbocycles. The molecule has 0 aromatic heterocycles. The van der Waals surface area contributed by atoms with Gasteiger partial charge in [0, 0.05) is 23.8 Å². The van der Waals surface area contributed by atoms with Gasteiger partial charge in [-0.25, -0.2) is 0 Å². The topological polar surface area (TPSA) is 55.6 Å². The Kier molecular flexibility index (Phi) is 3.31. The van der Waals surface area contributed by atoms with Gasteiger partial charge in [0.15, 0.2) is 0 Å². The number of amides is 1. The highest BCUT2D eigenvalue weighted by atomic mass is 35.5. The summed E-state index contributed by atoms with van der Waals surface area (Å²) in [5.74, 6) is -0.00950. The molecule has 1 aliphatic rings. The van der Waals surface area contributed by atoms with Crippen molar-refractivity contribution in [2.45, 2.75) is 6.54 Å². The van der Waals surface area contributed by atoms with Gasteiger partial charge in [0.05, 0.1) is 6.61 Å². The Bertz CT molecular complexity index is 409. The number of carbonyl (C=O) groups is 1. The van der Waals surface area contributed by atoms with E-state index in [1.165, 1.54) is 0 Å². The first-order valence-electron chi connectivity index (χ1n) is 5.06. The predicted molar refractivity (Wildman–Crippen MR) is 62.1 cm³/mol. The smallest absolute Gasteiger partial charge is 0.248 e. The molecule has 1 aromatic carbocycles. The molecule has 1 aromatic rings. The minimum absolute atomic E-state index is 0.00950. The molecule has 0 bridgehead atoms. The molecule has 1 fully saturated rings. The first-order valence-corrected chi connectivity index (χ1v) is 5.44. The maximum atomic E-state index is 11.5. The summed E-state index contributed by atoms with van der Waals surface area (Å²) in [4.78, 5) is 13.2. The Labute approximate surface area is 98.9 Å². The zero-order valence-electron chi connectivity index (χ0n) is 8.78. The van der Waals surface area contributed by atoms with Crippen LogP contribution in [0.15, 0.2) is 18.2 Å². The van der Waals surface area contributed by atoms with Crippen LogP contribution in [-0.2, 0) is 16.1 Å². The normalized spacial score (nSPS) is 16.6. The van der Waals surface area contributed by atoms with Crippen LogP contribution >= 0.6 is 11.6 Å². The van der Waals surface area contributed by atoms with E-state index in [4.69, 9.17) is 22.1 Å². The summed E-state index contributed by atoms with van der Waals surface area (Å²) in [6.07, 6.45) is 0. The Morgan fingerprint density at radius 2 is 2.31 bits per heavy atom. The van der Waals surface area contributed by atoms with Crippen molar-refractivity contribution in [3.05, 3.63) is 28.8 Å². The molecule has 1 aliphatic heterocycles. The third-order valence-corrected chi connectivity index (χ3v) is 2.88. The van der Waals surface area contributed by atoms with E-state index in [0.29, 0.717) is 30.4 Å². The molecule has 1 saturated heterocycles. The summed E-state index contributed by atoms with van der Waals surface area (Å²) in [5.41, 5.74) is 7.21. The third-order valence-electron chi connectivity index (χ3n) is 2.51. The maximum absolute atomic E-state index is 11.5. The number of anilines is 1. The fourth-order valence-electron chi connectivity index (χ4n) is 1.64. The highest BCUT2D eigenvalue weighted by Gasteiger charge is 2.19. The number of hydrogen-bond donors (Lipinski definition) is 1. The molecule has 1 amide bonds. The number of benzene rings is 1. The molecule has 0 radical (unpaired) electrons. The molecule has 0 atom stereocenters. The van der Waals surface area contributed by atoms with Gasteiger partial charge in [-0.15, -0.1) is 0 Å². The van der Waals surface area contributed by atoms with E-state index >= 15 is 0 Å². The van der Waals surface area contributed by atoms with Crippen molar-refractivity contribution in [2.75, 3.05) is 25.5 Å². The molecule has 4 nitrogen and oxygen atoms in total. The zero-order chi connectivity index (χ0) is 11.5. The summed E-state index contributed by atoms with van der Waals surface area (Å²) in [5, 5.41) is 0.633. The van der Waals surface area contributed by atoms with Gasteiger partial charge in [-0.3, -0.25) is 4.79 Å². The fraction of sp³-hybridized carbons (Fsp3) is 0.364. The molecule has 1 heterocycles. The number of morpholine rings is 1. The highest BCUT2D eigenvalue weighted by Crippen LogP contribution is 2.21. The molecule has 0 spiro atoms. The van der Waals surface area contributed by atoms with Crippen LogP contribution in [0.25, 0.3) is 0 Å². The maximum Gasteiger partial charge on any atom is 0.248 e. The Morgan fingerprint density at radius 1 is 1.50 bits per heavy atom. The van der Waals surface area contributed by atoms with Crippen molar-refractivity contribution >= 4 is 23.2 Å². The van der Waals surface area contributed by atoms with Crippen LogP contribution in [0.2, 0.25) is 5.02 Å². The number of rotatable bonds is 2. The second-order valence-corrected chi connectivity index (χ2v) is 4.13. The van der Waals surface area contributed by atoms with Crippen molar-refractivity contribution in [3.63, 3.8) is 0 Å². The zero-order valence-corrected chi connectivity index (χ0v) is 9.54. The minimum atomic E-state index is -0.00950. The van der Waals surface area contributed by atoms with Crippen LogP contribution in [0.4, 0.5) is 5.69 Å². The minimum Gasteiger partial charge on any atom is -0.399 e. The second kappa shape index (κ2) is 4.72. The molecular formula is C11H13ClN2O2. The lowest BCUT2D eigenvalue weighted by molar-refractivity contribution is -0.143. The van der Waals surface area contributed by atoms with Crippen LogP contribution in [0, 0.1) is 0 Å². The lowest BCUT2D eigenvalue weighted by Crippen LogP contribution is -2.40. The third kappa shape index (κ3) is 2.46. The molecule has 16 heavy (non-hydrogen) atoms.